The minimum absolute atomic E-state index is 0.778. The molecule has 0 saturated carbocycles. The average molecular weight is 172 g/mol. The summed E-state index contributed by atoms with van der Waals surface area (Å²) in [7, 11) is 0. The molecule has 0 atom stereocenters. The van der Waals surface area contributed by atoms with Crippen molar-refractivity contribution in [2.75, 3.05) is 13.2 Å². The van der Waals surface area contributed by atoms with Gasteiger partial charge in [-0.15, -0.1) is 0 Å². The highest BCUT2D eigenvalue weighted by Crippen LogP contribution is 2.09. The smallest absolute Gasteiger partial charge is 0.0822 e. The van der Waals surface area contributed by atoms with Crippen LogP contribution in [-0.4, -0.2) is 13.2 Å². The van der Waals surface area contributed by atoms with Gasteiger partial charge in [0.05, 0.1) is 13.2 Å². The average Bonchev–Trinajstić information content (AvgIpc) is 2.05. The molecule has 2 heteroatoms. The van der Waals surface area contributed by atoms with Crippen molar-refractivity contribution >= 4 is 0 Å². The van der Waals surface area contributed by atoms with Gasteiger partial charge < -0.3 is 0 Å². The second-order valence-electron chi connectivity index (χ2n) is 3.47. The third-order valence-electron chi connectivity index (χ3n) is 2.29. The first kappa shape index (κ1) is 10.0. The highest BCUT2D eigenvalue weighted by molar-refractivity contribution is 4.47. The van der Waals surface area contributed by atoms with Gasteiger partial charge in [-0.25, -0.2) is 9.78 Å². The first-order valence-corrected chi connectivity index (χ1v) is 5.24. The van der Waals surface area contributed by atoms with Crippen LogP contribution < -0.4 is 0 Å². The van der Waals surface area contributed by atoms with Gasteiger partial charge in [-0.3, -0.25) is 0 Å². The molecule has 12 heavy (non-hydrogen) atoms. The lowest BCUT2D eigenvalue weighted by molar-refractivity contribution is -0.295. The third-order valence-corrected chi connectivity index (χ3v) is 2.29. The largest absolute Gasteiger partial charge is 0.237 e. The Labute approximate surface area is 75.2 Å². The van der Waals surface area contributed by atoms with Gasteiger partial charge in [-0.2, -0.15) is 0 Å². The van der Waals surface area contributed by atoms with Crippen LogP contribution in [0.3, 0.4) is 0 Å². The van der Waals surface area contributed by atoms with Gasteiger partial charge in [0.25, 0.3) is 0 Å². The molecule has 0 spiro atoms. The van der Waals surface area contributed by atoms with Crippen LogP contribution in [-0.2, 0) is 9.78 Å². The van der Waals surface area contributed by atoms with Gasteiger partial charge in [0.2, 0.25) is 0 Å². The topological polar surface area (TPSA) is 18.5 Å². The first-order valence-electron chi connectivity index (χ1n) is 5.24. The normalized spacial score (nSPS) is 24.0. The molecule has 1 saturated heterocycles. The fourth-order valence-corrected chi connectivity index (χ4v) is 1.50. The van der Waals surface area contributed by atoms with E-state index < -0.39 is 0 Å². The van der Waals surface area contributed by atoms with E-state index in [1.807, 2.05) is 0 Å². The van der Waals surface area contributed by atoms with Gasteiger partial charge in [0.1, 0.15) is 0 Å². The molecule has 0 aromatic heterocycles. The van der Waals surface area contributed by atoms with Gasteiger partial charge in [0.15, 0.2) is 0 Å². The van der Waals surface area contributed by atoms with Crippen molar-refractivity contribution in [1.82, 2.24) is 0 Å². The minimum atomic E-state index is 0.778. The van der Waals surface area contributed by atoms with Gasteiger partial charge in [-0.1, -0.05) is 38.5 Å². The van der Waals surface area contributed by atoms with Crippen LogP contribution in [0.1, 0.15) is 51.4 Å². The van der Waals surface area contributed by atoms with E-state index in [9.17, 15) is 0 Å². The molecule has 0 aromatic carbocycles. The molecular weight excluding hydrogens is 152 g/mol. The maximum Gasteiger partial charge on any atom is 0.0822 e. The number of rotatable bonds is 0. The van der Waals surface area contributed by atoms with E-state index in [4.69, 9.17) is 9.78 Å². The fraction of sp³-hybridized carbons (Fsp3) is 1.00. The van der Waals surface area contributed by atoms with E-state index in [-0.39, 0.29) is 0 Å². The Hall–Kier alpha value is -0.0800. The summed E-state index contributed by atoms with van der Waals surface area (Å²) in [6.45, 7) is 1.56. The molecular formula is C10H20O2. The van der Waals surface area contributed by atoms with Crippen molar-refractivity contribution in [3.8, 4) is 0 Å². The van der Waals surface area contributed by atoms with Crippen LogP contribution in [0.15, 0.2) is 0 Å². The summed E-state index contributed by atoms with van der Waals surface area (Å²) in [6, 6.07) is 0. The molecule has 0 amide bonds. The van der Waals surface area contributed by atoms with Crippen LogP contribution >= 0.6 is 0 Å². The van der Waals surface area contributed by atoms with Crippen molar-refractivity contribution < 1.29 is 9.78 Å². The second kappa shape index (κ2) is 7.56. The first-order chi connectivity index (χ1) is 6.00. The van der Waals surface area contributed by atoms with Gasteiger partial charge >= 0.3 is 0 Å². The second-order valence-corrected chi connectivity index (χ2v) is 3.47. The Morgan fingerprint density at radius 1 is 0.417 bits per heavy atom. The number of hydrogen-bond acceptors (Lipinski definition) is 2. The van der Waals surface area contributed by atoms with Crippen LogP contribution in [0.25, 0.3) is 0 Å². The molecule has 1 aliphatic rings. The molecule has 2 nitrogen and oxygen atoms in total. The molecule has 0 radical (unpaired) electrons. The zero-order valence-corrected chi connectivity index (χ0v) is 7.89. The molecule has 0 unspecified atom stereocenters. The van der Waals surface area contributed by atoms with E-state index in [1.165, 1.54) is 38.5 Å². The third kappa shape index (κ3) is 5.56. The maximum atomic E-state index is 5.01. The van der Waals surface area contributed by atoms with Crippen LogP contribution in [0.5, 0.6) is 0 Å². The lowest BCUT2D eigenvalue weighted by Crippen LogP contribution is -2.00. The van der Waals surface area contributed by atoms with Crippen molar-refractivity contribution in [3.63, 3.8) is 0 Å². The van der Waals surface area contributed by atoms with E-state index in [0.717, 1.165) is 26.1 Å². The number of hydrogen-bond donors (Lipinski definition) is 0. The maximum absolute atomic E-state index is 5.01. The summed E-state index contributed by atoms with van der Waals surface area (Å²) >= 11 is 0. The van der Waals surface area contributed by atoms with Crippen LogP contribution in [0.4, 0.5) is 0 Å². The zero-order chi connectivity index (χ0) is 8.49. The fourth-order valence-electron chi connectivity index (χ4n) is 1.50. The predicted octanol–water partition coefficient (Wildman–Crippen LogP) is 3.07. The molecule has 1 aliphatic heterocycles. The van der Waals surface area contributed by atoms with Crippen LogP contribution in [0.2, 0.25) is 0 Å². The molecule has 0 aromatic rings. The SMILES string of the molecule is C1CCCCCOOCCCC1. The summed E-state index contributed by atoms with van der Waals surface area (Å²) in [6.07, 6.45) is 10.4. The summed E-state index contributed by atoms with van der Waals surface area (Å²) in [5.41, 5.74) is 0. The van der Waals surface area contributed by atoms with E-state index in [0.29, 0.717) is 0 Å². The summed E-state index contributed by atoms with van der Waals surface area (Å²) < 4.78 is 0. The summed E-state index contributed by atoms with van der Waals surface area (Å²) in [5, 5.41) is 0. The molecule has 72 valence electrons. The van der Waals surface area contributed by atoms with E-state index in [1.54, 1.807) is 0 Å². The van der Waals surface area contributed by atoms with E-state index in [2.05, 4.69) is 0 Å². The monoisotopic (exact) mass is 172 g/mol. The Balaban J connectivity index is 2.00. The van der Waals surface area contributed by atoms with Gasteiger partial charge in [0, 0.05) is 0 Å². The molecule has 1 rings (SSSR count). The molecule has 0 N–H and O–H groups in total. The Morgan fingerprint density at radius 3 is 1.17 bits per heavy atom. The lowest BCUT2D eigenvalue weighted by Gasteiger charge is -2.06. The predicted molar refractivity (Wildman–Crippen MR) is 48.8 cm³/mol. The Bertz CT molecular complexity index is 50.8. The van der Waals surface area contributed by atoms with Crippen molar-refractivity contribution in [3.05, 3.63) is 0 Å². The Morgan fingerprint density at radius 2 is 0.750 bits per heavy atom. The molecule has 0 aliphatic carbocycles. The van der Waals surface area contributed by atoms with Gasteiger partial charge in [-0.05, 0) is 12.8 Å². The summed E-state index contributed by atoms with van der Waals surface area (Å²) in [4.78, 5) is 10.0. The van der Waals surface area contributed by atoms with E-state index >= 15 is 0 Å². The Kier molecular flexibility index (Phi) is 6.30. The van der Waals surface area contributed by atoms with Crippen molar-refractivity contribution in [1.29, 1.82) is 0 Å². The van der Waals surface area contributed by atoms with Crippen molar-refractivity contribution in [2.45, 2.75) is 51.4 Å². The standard InChI is InChI=1S/C10H20O2/c1-2-4-6-8-10-12-11-9-7-5-3-1/h1-10H2. The summed E-state index contributed by atoms with van der Waals surface area (Å²) in [5.74, 6) is 0. The highest BCUT2D eigenvalue weighted by Gasteiger charge is 1.96. The van der Waals surface area contributed by atoms with Crippen LogP contribution in [0, 0.1) is 0 Å². The molecule has 1 heterocycles. The zero-order valence-electron chi connectivity index (χ0n) is 7.89. The highest BCUT2D eigenvalue weighted by atomic mass is 17.2. The lowest BCUT2D eigenvalue weighted by atomic mass is 10.1. The quantitative estimate of drug-likeness (QED) is 0.523. The van der Waals surface area contributed by atoms with Crippen molar-refractivity contribution in [2.24, 2.45) is 0 Å². The molecule has 1 fully saturated rings. The minimum Gasteiger partial charge on any atom is -0.237 e. The molecule has 0 bridgehead atoms.